The molecule has 106 valence electrons. The van der Waals surface area contributed by atoms with Crippen LogP contribution in [-0.4, -0.2) is 4.98 Å². The minimum absolute atomic E-state index is 0.0263. The fourth-order valence-corrected chi connectivity index (χ4v) is 2.56. The van der Waals surface area contributed by atoms with Gasteiger partial charge >= 0.3 is 0 Å². The Morgan fingerprint density at radius 2 is 1.75 bits per heavy atom. The van der Waals surface area contributed by atoms with Crippen LogP contribution in [0.2, 0.25) is 0 Å². The molecule has 2 aromatic rings. The molecule has 2 nitrogen and oxygen atoms in total. The van der Waals surface area contributed by atoms with Crippen LogP contribution in [0.5, 0.6) is 11.6 Å². The topological polar surface area (TPSA) is 22.1 Å². The van der Waals surface area contributed by atoms with Crippen molar-refractivity contribution in [1.82, 2.24) is 4.98 Å². The SMILES string of the molecule is Cc1cnc(Oc2ccc(C)cc2C(C)(C)C)c(Br)c1. The fourth-order valence-electron chi connectivity index (χ4n) is 2.02. The van der Waals surface area contributed by atoms with E-state index in [0.29, 0.717) is 5.88 Å². The van der Waals surface area contributed by atoms with Crippen LogP contribution in [0.3, 0.4) is 0 Å². The lowest BCUT2D eigenvalue weighted by atomic mass is 9.85. The second kappa shape index (κ2) is 5.57. The monoisotopic (exact) mass is 333 g/mol. The van der Waals surface area contributed by atoms with Crippen LogP contribution in [0.25, 0.3) is 0 Å². The van der Waals surface area contributed by atoms with E-state index in [-0.39, 0.29) is 5.41 Å². The maximum absolute atomic E-state index is 6.02. The van der Waals surface area contributed by atoms with Crippen molar-refractivity contribution in [3.05, 3.63) is 51.6 Å². The Kier molecular flexibility index (Phi) is 4.19. The van der Waals surface area contributed by atoms with Crippen molar-refractivity contribution < 1.29 is 4.74 Å². The normalized spacial score (nSPS) is 11.5. The molecule has 0 aliphatic heterocycles. The highest BCUT2D eigenvalue weighted by molar-refractivity contribution is 9.10. The van der Waals surface area contributed by atoms with Crippen molar-refractivity contribution in [2.45, 2.75) is 40.0 Å². The molecule has 20 heavy (non-hydrogen) atoms. The number of rotatable bonds is 2. The Bertz CT molecular complexity index is 629. The van der Waals surface area contributed by atoms with Gasteiger partial charge < -0.3 is 4.74 Å². The molecule has 1 aromatic carbocycles. The summed E-state index contributed by atoms with van der Waals surface area (Å²) < 4.78 is 6.89. The molecule has 0 spiro atoms. The van der Waals surface area contributed by atoms with Crippen molar-refractivity contribution in [3.63, 3.8) is 0 Å². The van der Waals surface area contributed by atoms with Gasteiger partial charge in [0.2, 0.25) is 5.88 Å². The zero-order valence-electron chi connectivity index (χ0n) is 12.6. The van der Waals surface area contributed by atoms with E-state index in [1.54, 1.807) is 0 Å². The quantitative estimate of drug-likeness (QED) is 0.718. The van der Waals surface area contributed by atoms with Gasteiger partial charge in [-0.1, -0.05) is 38.5 Å². The molecular formula is C17H20BrNO. The molecule has 0 aliphatic carbocycles. The van der Waals surface area contributed by atoms with Crippen molar-refractivity contribution >= 4 is 15.9 Å². The molecule has 0 aliphatic rings. The van der Waals surface area contributed by atoms with E-state index in [9.17, 15) is 0 Å². The highest BCUT2D eigenvalue weighted by Crippen LogP contribution is 2.36. The van der Waals surface area contributed by atoms with Crippen LogP contribution in [0.1, 0.15) is 37.5 Å². The summed E-state index contributed by atoms with van der Waals surface area (Å²) in [5, 5.41) is 0. The Morgan fingerprint density at radius 3 is 2.35 bits per heavy atom. The van der Waals surface area contributed by atoms with Gasteiger partial charge in [-0.3, -0.25) is 0 Å². The van der Waals surface area contributed by atoms with Crippen LogP contribution < -0.4 is 4.74 Å². The summed E-state index contributed by atoms with van der Waals surface area (Å²) in [5.41, 5.74) is 3.55. The molecule has 0 atom stereocenters. The molecule has 1 aromatic heterocycles. The number of aromatic nitrogens is 1. The smallest absolute Gasteiger partial charge is 0.233 e. The molecular weight excluding hydrogens is 314 g/mol. The van der Waals surface area contributed by atoms with Gasteiger partial charge in [0.25, 0.3) is 0 Å². The minimum atomic E-state index is 0.0263. The van der Waals surface area contributed by atoms with E-state index in [4.69, 9.17) is 4.74 Å². The lowest BCUT2D eigenvalue weighted by Crippen LogP contribution is -2.13. The van der Waals surface area contributed by atoms with E-state index in [2.05, 4.69) is 60.7 Å². The molecule has 0 radical (unpaired) electrons. The lowest BCUT2D eigenvalue weighted by molar-refractivity contribution is 0.437. The van der Waals surface area contributed by atoms with Gasteiger partial charge in [-0.05, 0) is 52.9 Å². The summed E-state index contributed by atoms with van der Waals surface area (Å²) in [6.07, 6.45) is 1.81. The first-order chi connectivity index (χ1) is 9.27. The zero-order chi connectivity index (χ0) is 14.9. The minimum Gasteiger partial charge on any atom is -0.438 e. The molecule has 0 saturated carbocycles. The summed E-state index contributed by atoms with van der Waals surface area (Å²) >= 11 is 3.51. The van der Waals surface area contributed by atoms with Gasteiger partial charge in [0, 0.05) is 11.8 Å². The molecule has 1 heterocycles. The molecule has 0 N–H and O–H groups in total. The van der Waals surface area contributed by atoms with E-state index in [1.807, 2.05) is 25.3 Å². The highest BCUT2D eigenvalue weighted by atomic mass is 79.9. The fraction of sp³-hybridized carbons (Fsp3) is 0.353. The van der Waals surface area contributed by atoms with Crippen molar-refractivity contribution in [2.24, 2.45) is 0 Å². The third kappa shape index (κ3) is 3.40. The van der Waals surface area contributed by atoms with Crippen LogP contribution in [0.4, 0.5) is 0 Å². The van der Waals surface area contributed by atoms with Crippen molar-refractivity contribution in [1.29, 1.82) is 0 Å². The Hall–Kier alpha value is -1.35. The van der Waals surface area contributed by atoms with Crippen molar-refractivity contribution in [2.75, 3.05) is 0 Å². The largest absolute Gasteiger partial charge is 0.438 e. The second-order valence-corrected chi connectivity index (χ2v) is 7.01. The number of benzene rings is 1. The molecule has 0 amide bonds. The summed E-state index contributed by atoms with van der Waals surface area (Å²) in [6, 6.07) is 8.27. The number of pyridine rings is 1. The van der Waals surface area contributed by atoms with E-state index in [0.717, 1.165) is 15.8 Å². The number of hydrogen-bond donors (Lipinski definition) is 0. The number of aryl methyl sites for hydroxylation is 2. The van der Waals surface area contributed by atoms with Gasteiger partial charge in [-0.25, -0.2) is 4.98 Å². The van der Waals surface area contributed by atoms with Gasteiger partial charge in [-0.2, -0.15) is 0 Å². The number of halogens is 1. The standard InChI is InChI=1S/C17H20BrNO/c1-11-6-7-15(13(8-11)17(3,4)5)20-16-14(18)9-12(2)10-19-16/h6-10H,1-5H3. The van der Waals surface area contributed by atoms with E-state index >= 15 is 0 Å². The lowest BCUT2D eigenvalue weighted by Gasteiger charge is -2.23. The van der Waals surface area contributed by atoms with Crippen LogP contribution in [0.15, 0.2) is 34.9 Å². The third-order valence-corrected chi connectivity index (χ3v) is 3.66. The number of hydrogen-bond acceptors (Lipinski definition) is 2. The van der Waals surface area contributed by atoms with Gasteiger partial charge in [-0.15, -0.1) is 0 Å². The second-order valence-electron chi connectivity index (χ2n) is 6.15. The molecule has 0 unspecified atom stereocenters. The van der Waals surface area contributed by atoms with E-state index in [1.165, 1.54) is 11.1 Å². The molecule has 2 rings (SSSR count). The van der Waals surface area contributed by atoms with Crippen LogP contribution in [0, 0.1) is 13.8 Å². The summed E-state index contributed by atoms with van der Waals surface area (Å²) in [4.78, 5) is 4.35. The van der Waals surface area contributed by atoms with Crippen LogP contribution >= 0.6 is 15.9 Å². The van der Waals surface area contributed by atoms with Gasteiger partial charge in [0.1, 0.15) is 5.75 Å². The van der Waals surface area contributed by atoms with Gasteiger partial charge in [0.05, 0.1) is 4.47 Å². The average Bonchev–Trinajstić information content (AvgIpc) is 2.33. The predicted molar refractivity (Wildman–Crippen MR) is 86.6 cm³/mol. The molecule has 3 heteroatoms. The summed E-state index contributed by atoms with van der Waals surface area (Å²) in [5.74, 6) is 1.46. The number of ether oxygens (including phenoxy) is 1. The maximum atomic E-state index is 6.02. The summed E-state index contributed by atoms with van der Waals surface area (Å²) in [6.45, 7) is 10.7. The summed E-state index contributed by atoms with van der Waals surface area (Å²) in [7, 11) is 0. The predicted octanol–water partition coefficient (Wildman–Crippen LogP) is 5.55. The Labute approximate surface area is 129 Å². The average molecular weight is 334 g/mol. The highest BCUT2D eigenvalue weighted by Gasteiger charge is 2.20. The zero-order valence-corrected chi connectivity index (χ0v) is 14.2. The maximum Gasteiger partial charge on any atom is 0.233 e. The first kappa shape index (κ1) is 15.0. The first-order valence-electron chi connectivity index (χ1n) is 6.68. The molecule has 0 saturated heterocycles. The van der Waals surface area contributed by atoms with Gasteiger partial charge in [0.15, 0.2) is 0 Å². The molecule has 0 fully saturated rings. The Morgan fingerprint density at radius 1 is 1.05 bits per heavy atom. The number of nitrogens with zero attached hydrogens (tertiary/aromatic N) is 1. The molecule has 0 bridgehead atoms. The third-order valence-electron chi connectivity index (χ3n) is 3.09. The first-order valence-corrected chi connectivity index (χ1v) is 7.48. The van der Waals surface area contributed by atoms with Crippen molar-refractivity contribution in [3.8, 4) is 11.6 Å². The van der Waals surface area contributed by atoms with Crippen LogP contribution in [-0.2, 0) is 5.41 Å². The van der Waals surface area contributed by atoms with E-state index < -0.39 is 0 Å². The Balaban J connectivity index is 2.43.